The summed E-state index contributed by atoms with van der Waals surface area (Å²) in [5.41, 5.74) is 1.19. The van der Waals surface area contributed by atoms with E-state index in [2.05, 4.69) is 5.32 Å². The Bertz CT molecular complexity index is 728. The van der Waals surface area contributed by atoms with Crippen molar-refractivity contribution in [1.82, 2.24) is 9.47 Å². The second kappa shape index (κ2) is 6.70. The fourth-order valence-electron chi connectivity index (χ4n) is 3.14. The quantitative estimate of drug-likeness (QED) is 0.552. The van der Waals surface area contributed by atoms with Crippen LogP contribution in [-0.2, 0) is 6.54 Å². The van der Waals surface area contributed by atoms with Gasteiger partial charge in [-0.2, -0.15) is 13.2 Å². The number of benzene rings is 1. The zero-order valence-electron chi connectivity index (χ0n) is 13.1. The first-order valence-electron chi connectivity index (χ1n) is 7.68. The third-order valence-corrected chi connectivity index (χ3v) is 5.21. The molecule has 24 heavy (non-hydrogen) atoms. The van der Waals surface area contributed by atoms with Crippen molar-refractivity contribution < 1.29 is 17.6 Å². The van der Waals surface area contributed by atoms with Crippen molar-refractivity contribution in [2.24, 2.45) is 0 Å². The Morgan fingerprint density at radius 1 is 1.33 bits per heavy atom. The number of fused-ring (bicyclic) bond motifs is 1. The Hall–Kier alpha value is -1.03. The Morgan fingerprint density at radius 2 is 2.08 bits per heavy atom. The summed E-state index contributed by atoms with van der Waals surface area (Å²) in [6.45, 7) is 0.124. The number of nitrogens with zero attached hydrogens (tertiary/aromatic N) is 2. The molecule has 2 atom stereocenters. The van der Waals surface area contributed by atoms with E-state index in [1.54, 1.807) is 24.3 Å². The van der Waals surface area contributed by atoms with Gasteiger partial charge in [0.1, 0.15) is 12.7 Å². The summed E-state index contributed by atoms with van der Waals surface area (Å²) < 4.78 is 54.4. The van der Waals surface area contributed by atoms with Gasteiger partial charge in [-0.1, -0.05) is 6.07 Å². The molecule has 132 valence electrons. The van der Waals surface area contributed by atoms with Crippen LogP contribution in [0.25, 0.3) is 10.9 Å². The third-order valence-electron chi connectivity index (χ3n) is 4.32. The van der Waals surface area contributed by atoms with Gasteiger partial charge in [0.2, 0.25) is 0 Å². The molecule has 0 bridgehead atoms. The molecule has 1 aliphatic rings. The van der Waals surface area contributed by atoms with Crippen LogP contribution in [-0.4, -0.2) is 48.0 Å². The molecule has 0 aliphatic carbocycles. The van der Waals surface area contributed by atoms with Crippen molar-refractivity contribution in [1.29, 1.82) is 0 Å². The average Bonchev–Trinajstić information content (AvgIpc) is 2.78. The molecule has 1 fully saturated rings. The number of hydrogen-bond acceptors (Lipinski definition) is 2. The van der Waals surface area contributed by atoms with Crippen molar-refractivity contribution >= 4 is 39.2 Å². The molecule has 1 aromatic heterocycles. The molecule has 1 aliphatic heterocycles. The minimum Gasteiger partial charge on any atom is -0.379 e. The summed E-state index contributed by atoms with van der Waals surface area (Å²) >= 11 is 1.90. The standard InChI is InChI=1S/C16H18F4IN3/c1-23-6-5-13(11(17)8-23)22-12-3-2-4-14-10(12)7-15(21)24(14)9-16(18,19)20/h2-4,7,11,13,22H,5-6,8-9H2,1H3/t11-,13-/m1/s1. The zero-order chi connectivity index (χ0) is 17.5. The van der Waals surface area contributed by atoms with Gasteiger partial charge in [0.25, 0.3) is 0 Å². The number of rotatable bonds is 3. The molecule has 2 aromatic rings. The summed E-state index contributed by atoms with van der Waals surface area (Å²) in [5, 5.41) is 3.89. The smallest absolute Gasteiger partial charge is 0.379 e. The summed E-state index contributed by atoms with van der Waals surface area (Å²) in [4.78, 5) is 1.94. The number of likely N-dealkylation sites (tertiary alicyclic amines) is 1. The van der Waals surface area contributed by atoms with E-state index in [1.165, 1.54) is 4.57 Å². The first kappa shape index (κ1) is 17.8. The van der Waals surface area contributed by atoms with Gasteiger partial charge in [0.05, 0.1) is 15.3 Å². The highest BCUT2D eigenvalue weighted by atomic mass is 127. The predicted molar refractivity (Wildman–Crippen MR) is 95.1 cm³/mol. The van der Waals surface area contributed by atoms with Crippen molar-refractivity contribution in [2.75, 3.05) is 25.5 Å². The van der Waals surface area contributed by atoms with E-state index in [0.29, 0.717) is 33.3 Å². The third kappa shape index (κ3) is 3.79. The van der Waals surface area contributed by atoms with Crippen molar-refractivity contribution in [3.05, 3.63) is 28.0 Å². The highest BCUT2D eigenvalue weighted by Gasteiger charge is 2.30. The summed E-state index contributed by atoms with van der Waals surface area (Å²) in [5.74, 6) is 0. The maximum absolute atomic E-state index is 14.2. The lowest BCUT2D eigenvalue weighted by molar-refractivity contribution is -0.140. The van der Waals surface area contributed by atoms with Crippen LogP contribution in [0.15, 0.2) is 24.3 Å². The molecular formula is C16H18F4IN3. The number of hydrogen-bond donors (Lipinski definition) is 1. The van der Waals surface area contributed by atoms with Gasteiger partial charge in [0.15, 0.2) is 0 Å². The molecular weight excluding hydrogens is 437 g/mol. The number of piperidine rings is 1. The van der Waals surface area contributed by atoms with E-state index in [9.17, 15) is 17.6 Å². The molecule has 0 saturated carbocycles. The molecule has 3 nitrogen and oxygen atoms in total. The van der Waals surface area contributed by atoms with Gasteiger partial charge in [-0.25, -0.2) is 4.39 Å². The van der Waals surface area contributed by atoms with Crippen LogP contribution < -0.4 is 5.32 Å². The minimum atomic E-state index is -4.28. The summed E-state index contributed by atoms with van der Waals surface area (Å²) in [6, 6.07) is 6.55. The number of anilines is 1. The molecule has 1 saturated heterocycles. The van der Waals surface area contributed by atoms with Crippen LogP contribution in [0.4, 0.5) is 23.2 Å². The number of halogens is 5. The number of nitrogens with one attached hydrogen (secondary N) is 1. The summed E-state index contributed by atoms with van der Waals surface area (Å²) in [7, 11) is 1.88. The predicted octanol–water partition coefficient (Wildman–Crippen LogP) is 4.26. The first-order chi connectivity index (χ1) is 11.2. The second-order valence-electron chi connectivity index (χ2n) is 6.22. The molecule has 1 aromatic carbocycles. The highest BCUT2D eigenvalue weighted by Crippen LogP contribution is 2.32. The zero-order valence-corrected chi connectivity index (χ0v) is 15.2. The average molecular weight is 455 g/mol. The van der Waals surface area contributed by atoms with Crippen LogP contribution >= 0.6 is 22.6 Å². The molecule has 8 heteroatoms. The van der Waals surface area contributed by atoms with Gasteiger partial charge in [-0.3, -0.25) is 0 Å². The van der Waals surface area contributed by atoms with E-state index in [1.807, 2.05) is 34.5 Å². The van der Waals surface area contributed by atoms with Crippen LogP contribution in [0.3, 0.4) is 0 Å². The SMILES string of the molecule is CN1CC[C@@H](Nc2cccc3c2cc(I)n3CC(F)(F)F)[C@H](F)C1. The fourth-order valence-corrected chi connectivity index (χ4v) is 3.88. The van der Waals surface area contributed by atoms with Crippen molar-refractivity contribution in [2.45, 2.75) is 31.4 Å². The lowest BCUT2D eigenvalue weighted by atomic mass is 10.0. The molecule has 0 radical (unpaired) electrons. The van der Waals surface area contributed by atoms with E-state index in [4.69, 9.17) is 0 Å². The second-order valence-corrected chi connectivity index (χ2v) is 7.33. The Labute approximate surface area is 151 Å². The molecule has 0 spiro atoms. The topological polar surface area (TPSA) is 20.2 Å². The number of alkyl halides is 4. The molecule has 2 heterocycles. The van der Waals surface area contributed by atoms with Crippen LogP contribution in [0.2, 0.25) is 0 Å². The minimum absolute atomic E-state index is 0.324. The largest absolute Gasteiger partial charge is 0.406 e. The first-order valence-corrected chi connectivity index (χ1v) is 8.76. The Morgan fingerprint density at radius 3 is 2.75 bits per heavy atom. The highest BCUT2D eigenvalue weighted by molar-refractivity contribution is 14.1. The van der Waals surface area contributed by atoms with Crippen LogP contribution in [0, 0.1) is 3.70 Å². The van der Waals surface area contributed by atoms with Crippen molar-refractivity contribution in [3.8, 4) is 0 Å². The van der Waals surface area contributed by atoms with Gasteiger partial charge in [-0.15, -0.1) is 0 Å². The van der Waals surface area contributed by atoms with Crippen LogP contribution in [0.1, 0.15) is 6.42 Å². The maximum Gasteiger partial charge on any atom is 0.406 e. The van der Waals surface area contributed by atoms with E-state index >= 15 is 0 Å². The Kier molecular flexibility index (Phi) is 4.96. The lowest BCUT2D eigenvalue weighted by Gasteiger charge is -2.33. The van der Waals surface area contributed by atoms with E-state index < -0.39 is 18.9 Å². The Balaban J connectivity index is 1.91. The monoisotopic (exact) mass is 455 g/mol. The summed E-state index contributed by atoms with van der Waals surface area (Å²) in [6.07, 6.45) is -4.63. The van der Waals surface area contributed by atoms with Gasteiger partial charge in [-0.05, 0) is 54.3 Å². The molecule has 0 amide bonds. The van der Waals surface area contributed by atoms with Gasteiger partial charge < -0.3 is 14.8 Å². The van der Waals surface area contributed by atoms with Gasteiger partial charge >= 0.3 is 6.18 Å². The van der Waals surface area contributed by atoms with E-state index in [0.717, 1.165) is 6.54 Å². The normalized spacial score (nSPS) is 22.9. The molecule has 0 unspecified atom stereocenters. The number of aromatic nitrogens is 1. The van der Waals surface area contributed by atoms with Crippen molar-refractivity contribution in [3.63, 3.8) is 0 Å². The molecule has 1 N–H and O–H groups in total. The fraction of sp³-hybridized carbons (Fsp3) is 0.500. The molecule has 3 rings (SSSR count). The lowest BCUT2D eigenvalue weighted by Crippen LogP contribution is -2.46. The van der Waals surface area contributed by atoms with E-state index in [-0.39, 0.29) is 6.04 Å². The maximum atomic E-state index is 14.2. The van der Waals surface area contributed by atoms with Crippen LogP contribution in [0.5, 0.6) is 0 Å². The van der Waals surface area contributed by atoms with Gasteiger partial charge in [0, 0.05) is 24.2 Å².